The normalized spacial score (nSPS) is 23.4. The molecule has 1 heterocycles. The number of carbonyl (C=O) groups excluding carboxylic acids is 1. The van der Waals surface area contributed by atoms with E-state index in [1.807, 2.05) is 24.8 Å². The number of carbonyl (C=O) groups is 1. The molecule has 0 bridgehead atoms. The van der Waals surface area contributed by atoms with Gasteiger partial charge in [0.15, 0.2) is 0 Å². The summed E-state index contributed by atoms with van der Waals surface area (Å²) in [5.41, 5.74) is 7.22. The molecule has 1 aliphatic heterocycles. The molecule has 2 nitrogen and oxygen atoms in total. The Morgan fingerprint density at radius 3 is 2.39 bits per heavy atom. The largest absolute Gasteiger partial charge is 0.463 e. The second kappa shape index (κ2) is 7.85. The second-order valence-corrected chi connectivity index (χ2v) is 11.5. The first-order valence-electron chi connectivity index (χ1n) is 11.3. The number of fused-ring (bicyclic) bond motifs is 2. The number of rotatable bonds is 4. The lowest BCUT2D eigenvalue weighted by Crippen LogP contribution is -2.35. The standard InChI is InChI=1S/C28H34O2S/c1-7-30-25(29)13-9-19-8-12-24-23(16-19)28(6,18-31-24)20-10-11-21-22(17-20)27(4,5)15-14-26(21,2)3/h8-13,16-17H,7,14-15,18H2,1-6H3. The van der Waals surface area contributed by atoms with Crippen LogP contribution in [0.3, 0.4) is 0 Å². The van der Waals surface area contributed by atoms with Crippen LogP contribution in [0.4, 0.5) is 0 Å². The summed E-state index contributed by atoms with van der Waals surface area (Å²) in [4.78, 5) is 13.1. The van der Waals surface area contributed by atoms with Crippen LogP contribution in [-0.2, 0) is 25.8 Å². The van der Waals surface area contributed by atoms with E-state index in [-0.39, 0.29) is 22.2 Å². The minimum absolute atomic E-state index is 0.0412. The third kappa shape index (κ3) is 3.98. The van der Waals surface area contributed by atoms with Crippen LogP contribution in [0.5, 0.6) is 0 Å². The van der Waals surface area contributed by atoms with E-state index in [1.165, 1.54) is 46.1 Å². The quantitative estimate of drug-likeness (QED) is 0.382. The van der Waals surface area contributed by atoms with Gasteiger partial charge in [-0.3, -0.25) is 0 Å². The van der Waals surface area contributed by atoms with Gasteiger partial charge in [0, 0.05) is 22.1 Å². The van der Waals surface area contributed by atoms with Crippen LogP contribution in [-0.4, -0.2) is 18.3 Å². The highest BCUT2D eigenvalue weighted by Gasteiger charge is 2.41. The Bertz CT molecular complexity index is 1050. The molecule has 0 aromatic heterocycles. The first kappa shape index (κ1) is 22.2. The van der Waals surface area contributed by atoms with E-state index in [9.17, 15) is 4.79 Å². The van der Waals surface area contributed by atoms with Gasteiger partial charge in [0.2, 0.25) is 0 Å². The molecule has 1 atom stereocenters. The van der Waals surface area contributed by atoms with Crippen molar-refractivity contribution in [1.82, 2.24) is 0 Å². The minimum atomic E-state index is -0.292. The van der Waals surface area contributed by atoms with Crippen LogP contribution in [0, 0.1) is 0 Å². The summed E-state index contributed by atoms with van der Waals surface area (Å²) in [6, 6.07) is 13.8. The van der Waals surface area contributed by atoms with Gasteiger partial charge in [-0.2, -0.15) is 0 Å². The van der Waals surface area contributed by atoms with Gasteiger partial charge in [-0.15, -0.1) is 11.8 Å². The lowest BCUT2D eigenvalue weighted by Gasteiger charge is -2.42. The maximum atomic E-state index is 11.7. The average molecular weight is 435 g/mol. The zero-order valence-corrected chi connectivity index (χ0v) is 20.5. The number of benzene rings is 2. The molecule has 0 N–H and O–H groups in total. The summed E-state index contributed by atoms with van der Waals surface area (Å²) in [5.74, 6) is 0.746. The monoisotopic (exact) mass is 434 g/mol. The van der Waals surface area contributed by atoms with Crippen LogP contribution in [0.2, 0.25) is 0 Å². The van der Waals surface area contributed by atoms with Crippen LogP contribution in [0.25, 0.3) is 6.08 Å². The zero-order chi connectivity index (χ0) is 22.4. The highest BCUT2D eigenvalue weighted by Crippen LogP contribution is 2.51. The third-order valence-electron chi connectivity index (χ3n) is 7.30. The van der Waals surface area contributed by atoms with Gasteiger partial charge in [0.25, 0.3) is 0 Å². The molecule has 164 valence electrons. The number of thioether (sulfide) groups is 1. The molecule has 0 fully saturated rings. The number of ether oxygens (including phenoxy) is 1. The van der Waals surface area contributed by atoms with Gasteiger partial charge in [-0.25, -0.2) is 4.79 Å². The molecule has 0 amide bonds. The predicted molar refractivity (Wildman–Crippen MR) is 131 cm³/mol. The summed E-state index contributed by atoms with van der Waals surface area (Å²) in [6.07, 6.45) is 5.84. The highest BCUT2D eigenvalue weighted by molar-refractivity contribution is 7.99. The Balaban J connectivity index is 1.74. The van der Waals surface area contributed by atoms with Crippen LogP contribution < -0.4 is 0 Å². The first-order chi connectivity index (χ1) is 14.6. The average Bonchev–Trinajstić information content (AvgIpc) is 3.07. The lowest BCUT2D eigenvalue weighted by atomic mass is 9.62. The third-order valence-corrected chi connectivity index (χ3v) is 8.69. The lowest BCUT2D eigenvalue weighted by molar-refractivity contribution is -0.137. The Hall–Kier alpha value is -2.00. The predicted octanol–water partition coefficient (Wildman–Crippen LogP) is 7.02. The number of esters is 1. The molecule has 2 aromatic carbocycles. The minimum Gasteiger partial charge on any atom is -0.463 e. The fourth-order valence-electron chi connectivity index (χ4n) is 5.03. The molecule has 0 radical (unpaired) electrons. The van der Waals surface area contributed by atoms with Crippen molar-refractivity contribution in [1.29, 1.82) is 0 Å². The first-order valence-corrected chi connectivity index (χ1v) is 12.3. The smallest absolute Gasteiger partial charge is 0.330 e. The van der Waals surface area contributed by atoms with E-state index in [4.69, 9.17) is 4.74 Å². The van der Waals surface area contributed by atoms with Gasteiger partial charge in [0.05, 0.1) is 6.61 Å². The Labute approximate surface area is 191 Å². The van der Waals surface area contributed by atoms with E-state index in [0.717, 1.165) is 11.3 Å². The van der Waals surface area contributed by atoms with Crippen molar-refractivity contribution in [2.24, 2.45) is 0 Å². The number of hydrogen-bond acceptors (Lipinski definition) is 3. The van der Waals surface area contributed by atoms with Crippen molar-refractivity contribution in [2.45, 2.75) is 75.5 Å². The summed E-state index contributed by atoms with van der Waals surface area (Å²) in [6.45, 7) is 14.1. The summed E-state index contributed by atoms with van der Waals surface area (Å²) in [7, 11) is 0. The summed E-state index contributed by atoms with van der Waals surface area (Å²) < 4.78 is 5.03. The maximum Gasteiger partial charge on any atom is 0.330 e. The van der Waals surface area contributed by atoms with Crippen LogP contribution in [0.15, 0.2) is 47.4 Å². The molecule has 4 rings (SSSR count). The van der Waals surface area contributed by atoms with Crippen molar-refractivity contribution < 1.29 is 9.53 Å². The fourth-order valence-corrected chi connectivity index (χ4v) is 6.40. The molecule has 0 saturated carbocycles. The van der Waals surface area contributed by atoms with Crippen LogP contribution >= 0.6 is 11.8 Å². The molecule has 1 aliphatic carbocycles. The van der Waals surface area contributed by atoms with E-state index in [2.05, 4.69) is 71.0 Å². The van der Waals surface area contributed by atoms with E-state index in [0.29, 0.717) is 6.61 Å². The Morgan fingerprint density at radius 2 is 1.68 bits per heavy atom. The van der Waals surface area contributed by atoms with Crippen molar-refractivity contribution in [3.05, 3.63) is 70.3 Å². The zero-order valence-electron chi connectivity index (χ0n) is 19.7. The van der Waals surface area contributed by atoms with Crippen molar-refractivity contribution in [3.8, 4) is 0 Å². The topological polar surface area (TPSA) is 26.3 Å². The molecule has 2 aliphatic rings. The molecule has 3 heteroatoms. The number of hydrogen-bond donors (Lipinski definition) is 0. The molecule has 2 aromatic rings. The molecule has 0 saturated heterocycles. The van der Waals surface area contributed by atoms with Crippen molar-refractivity contribution in [2.75, 3.05) is 12.4 Å². The highest BCUT2D eigenvalue weighted by atomic mass is 32.2. The van der Waals surface area contributed by atoms with E-state index < -0.39 is 0 Å². The van der Waals surface area contributed by atoms with Gasteiger partial charge in [-0.05, 0) is 76.6 Å². The fraction of sp³-hybridized carbons (Fsp3) is 0.464. The Morgan fingerprint density at radius 1 is 0.968 bits per heavy atom. The van der Waals surface area contributed by atoms with Gasteiger partial charge >= 0.3 is 5.97 Å². The summed E-state index contributed by atoms with van der Waals surface area (Å²) in [5, 5.41) is 0. The van der Waals surface area contributed by atoms with E-state index in [1.54, 1.807) is 0 Å². The second-order valence-electron chi connectivity index (χ2n) is 10.5. The SMILES string of the molecule is CCOC(=O)C=Cc1ccc2c(c1)C(C)(c1ccc3c(c1)C(C)(C)CCC3(C)C)CS2. The maximum absolute atomic E-state index is 11.7. The Kier molecular flexibility index (Phi) is 5.62. The van der Waals surface area contributed by atoms with E-state index >= 15 is 0 Å². The van der Waals surface area contributed by atoms with Gasteiger partial charge in [-0.1, -0.05) is 58.9 Å². The van der Waals surface area contributed by atoms with Crippen molar-refractivity contribution in [3.63, 3.8) is 0 Å². The van der Waals surface area contributed by atoms with Crippen molar-refractivity contribution >= 4 is 23.8 Å². The van der Waals surface area contributed by atoms with Gasteiger partial charge < -0.3 is 4.74 Å². The molecule has 1 unspecified atom stereocenters. The molecular weight excluding hydrogens is 400 g/mol. The molecule has 0 spiro atoms. The van der Waals surface area contributed by atoms with Gasteiger partial charge in [0.1, 0.15) is 0 Å². The molecular formula is C28H34O2S. The molecule has 31 heavy (non-hydrogen) atoms. The van der Waals surface area contributed by atoms with Crippen LogP contribution in [0.1, 0.15) is 82.2 Å². The summed E-state index contributed by atoms with van der Waals surface area (Å²) >= 11 is 1.93.